The van der Waals surface area contributed by atoms with E-state index >= 15 is 0 Å². The molecule has 1 fully saturated rings. The molecule has 0 aliphatic carbocycles. The van der Waals surface area contributed by atoms with Gasteiger partial charge in [-0.2, -0.15) is 0 Å². The van der Waals surface area contributed by atoms with Crippen LogP contribution in [0.5, 0.6) is 0 Å². The predicted molar refractivity (Wildman–Crippen MR) is 96.4 cm³/mol. The van der Waals surface area contributed by atoms with Gasteiger partial charge in [0.25, 0.3) is 5.91 Å². The van der Waals surface area contributed by atoms with Gasteiger partial charge in [0.15, 0.2) is 11.5 Å². The molecule has 1 aliphatic heterocycles. The van der Waals surface area contributed by atoms with E-state index in [1.165, 1.54) is 12.8 Å². The van der Waals surface area contributed by atoms with Gasteiger partial charge in [-0.25, -0.2) is 0 Å². The lowest BCUT2D eigenvalue weighted by Gasteiger charge is -2.31. The van der Waals surface area contributed by atoms with E-state index in [2.05, 4.69) is 22.0 Å². The Hall–Kier alpha value is -2.43. The van der Waals surface area contributed by atoms with Crippen molar-refractivity contribution in [1.82, 2.24) is 10.2 Å². The maximum Gasteiger partial charge on any atom is 0.278 e. The van der Waals surface area contributed by atoms with Gasteiger partial charge >= 0.3 is 0 Å². The van der Waals surface area contributed by atoms with Crippen LogP contribution in [0.25, 0.3) is 0 Å². The average Bonchev–Trinajstić information content (AvgIpc) is 2.63. The Balaban J connectivity index is 1.76. The molecular formula is C19H24N4O. The van der Waals surface area contributed by atoms with Crippen LogP contribution in [-0.4, -0.2) is 35.7 Å². The topological polar surface area (TPSA) is 49.3 Å². The molecule has 0 N–H and O–H groups in total. The van der Waals surface area contributed by atoms with Gasteiger partial charge in [0.1, 0.15) is 0 Å². The van der Waals surface area contributed by atoms with E-state index in [1.807, 2.05) is 43.3 Å². The van der Waals surface area contributed by atoms with Crippen LogP contribution in [0.4, 0.5) is 11.5 Å². The molecule has 0 saturated carbocycles. The summed E-state index contributed by atoms with van der Waals surface area (Å²) in [5.74, 6) is 1.42. The Morgan fingerprint density at radius 2 is 2.00 bits per heavy atom. The maximum absolute atomic E-state index is 12.7. The number of hydrogen-bond acceptors (Lipinski definition) is 4. The number of nitrogens with zero attached hydrogens (tertiary/aromatic N) is 4. The third-order valence-corrected chi connectivity index (χ3v) is 4.48. The molecule has 126 valence electrons. The van der Waals surface area contributed by atoms with Gasteiger partial charge in [-0.1, -0.05) is 25.1 Å². The van der Waals surface area contributed by atoms with Crippen LogP contribution in [0.1, 0.15) is 37.2 Å². The second-order valence-electron chi connectivity index (χ2n) is 6.36. The molecule has 1 amide bonds. The first-order valence-corrected chi connectivity index (χ1v) is 8.64. The first-order valence-electron chi connectivity index (χ1n) is 8.64. The van der Waals surface area contributed by atoms with Crippen molar-refractivity contribution >= 4 is 17.4 Å². The van der Waals surface area contributed by atoms with E-state index in [9.17, 15) is 4.79 Å². The molecule has 2 aromatic rings. The van der Waals surface area contributed by atoms with Crippen LogP contribution in [0.15, 0.2) is 42.5 Å². The first-order chi connectivity index (χ1) is 11.7. The number of piperidine rings is 1. The molecule has 1 atom stereocenters. The molecule has 5 heteroatoms. The normalized spacial score (nSPS) is 17.6. The quantitative estimate of drug-likeness (QED) is 0.865. The Morgan fingerprint density at radius 1 is 1.21 bits per heavy atom. The summed E-state index contributed by atoms with van der Waals surface area (Å²) in [6.07, 6.45) is 2.45. The number of aromatic nitrogens is 2. The largest absolute Gasteiger partial charge is 0.355 e. The monoisotopic (exact) mass is 324 g/mol. The molecular weight excluding hydrogens is 300 g/mol. The summed E-state index contributed by atoms with van der Waals surface area (Å²) in [6.45, 7) is 6.83. The number of amides is 1. The van der Waals surface area contributed by atoms with Crippen LogP contribution in [0.2, 0.25) is 0 Å². The highest BCUT2D eigenvalue weighted by Gasteiger charge is 2.20. The zero-order valence-electron chi connectivity index (χ0n) is 14.4. The van der Waals surface area contributed by atoms with Crippen LogP contribution in [0, 0.1) is 5.92 Å². The highest BCUT2D eigenvalue weighted by molar-refractivity contribution is 6.04. The molecule has 2 heterocycles. The molecule has 1 aromatic carbocycles. The Morgan fingerprint density at radius 3 is 2.62 bits per heavy atom. The van der Waals surface area contributed by atoms with Gasteiger partial charge in [0, 0.05) is 25.3 Å². The van der Waals surface area contributed by atoms with Crippen molar-refractivity contribution in [3.8, 4) is 0 Å². The fraction of sp³-hybridized carbons (Fsp3) is 0.421. The number of hydrogen-bond donors (Lipinski definition) is 0. The van der Waals surface area contributed by atoms with Gasteiger partial charge in [0.05, 0.1) is 0 Å². The summed E-state index contributed by atoms with van der Waals surface area (Å²) in [6, 6.07) is 13.4. The minimum Gasteiger partial charge on any atom is -0.355 e. The number of para-hydroxylation sites is 1. The van der Waals surface area contributed by atoms with Crippen molar-refractivity contribution in [1.29, 1.82) is 0 Å². The van der Waals surface area contributed by atoms with Gasteiger partial charge in [0.2, 0.25) is 0 Å². The second kappa shape index (κ2) is 7.43. The van der Waals surface area contributed by atoms with Crippen molar-refractivity contribution in [3.05, 3.63) is 48.2 Å². The summed E-state index contributed by atoms with van der Waals surface area (Å²) in [7, 11) is 0. The summed E-state index contributed by atoms with van der Waals surface area (Å²) in [4.78, 5) is 16.7. The second-order valence-corrected chi connectivity index (χ2v) is 6.36. The minimum atomic E-state index is -0.116. The molecule has 1 aliphatic rings. The number of carbonyl (C=O) groups is 1. The lowest BCUT2D eigenvalue weighted by Crippen LogP contribution is -2.35. The molecule has 0 bridgehead atoms. The lowest BCUT2D eigenvalue weighted by molar-refractivity contribution is 0.0982. The summed E-state index contributed by atoms with van der Waals surface area (Å²) in [5, 5.41) is 8.49. The van der Waals surface area contributed by atoms with Gasteiger partial charge in [-0.15, -0.1) is 10.2 Å². The highest BCUT2D eigenvalue weighted by atomic mass is 16.2. The number of anilines is 2. The first kappa shape index (κ1) is 16.4. The minimum absolute atomic E-state index is 0.116. The van der Waals surface area contributed by atoms with Gasteiger partial charge in [-0.05, 0) is 49.9 Å². The standard InChI is InChI=1S/C19H24N4O/c1-3-23(16-9-5-4-6-10-16)19(24)17-11-12-18(21-20-17)22-13-7-8-15(2)14-22/h4-6,9-12,15H,3,7-8,13-14H2,1-2H3. The van der Waals surface area contributed by atoms with Crippen LogP contribution in [0.3, 0.4) is 0 Å². The summed E-state index contributed by atoms with van der Waals surface area (Å²) < 4.78 is 0. The van der Waals surface area contributed by atoms with Crippen LogP contribution < -0.4 is 9.80 Å². The van der Waals surface area contributed by atoms with Gasteiger partial charge < -0.3 is 9.80 Å². The molecule has 24 heavy (non-hydrogen) atoms. The third-order valence-electron chi connectivity index (χ3n) is 4.48. The molecule has 0 radical (unpaired) electrons. The zero-order chi connectivity index (χ0) is 16.9. The van der Waals surface area contributed by atoms with E-state index in [0.29, 0.717) is 18.2 Å². The van der Waals surface area contributed by atoms with Crippen molar-refractivity contribution < 1.29 is 4.79 Å². The van der Waals surface area contributed by atoms with E-state index in [0.717, 1.165) is 24.6 Å². The van der Waals surface area contributed by atoms with E-state index in [4.69, 9.17) is 0 Å². The van der Waals surface area contributed by atoms with Crippen molar-refractivity contribution in [2.45, 2.75) is 26.7 Å². The summed E-state index contributed by atoms with van der Waals surface area (Å²) in [5.41, 5.74) is 1.26. The van der Waals surface area contributed by atoms with Crippen LogP contribution in [-0.2, 0) is 0 Å². The number of rotatable bonds is 4. The lowest BCUT2D eigenvalue weighted by atomic mass is 10.0. The number of carbonyl (C=O) groups excluding carboxylic acids is 1. The van der Waals surface area contributed by atoms with Gasteiger partial charge in [-0.3, -0.25) is 4.79 Å². The fourth-order valence-electron chi connectivity index (χ4n) is 3.20. The van der Waals surface area contributed by atoms with Crippen molar-refractivity contribution in [2.24, 2.45) is 5.92 Å². The molecule has 1 saturated heterocycles. The molecule has 1 aromatic heterocycles. The molecule has 1 unspecified atom stereocenters. The third kappa shape index (κ3) is 3.55. The Kier molecular flexibility index (Phi) is 5.08. The predicted octanol–water partition coefficient (Wildman–Crippen LogP) is 3.38. The van der Waals surface area contributed by atoms with E-state index in [1.54, 1.807) is 11.0 Å². The Labute approximate surface area is 143 Å². The molecule has 5 nitrogen and oxygen atoms in total. The molecule has 3 rings (SSSR count). The molecule has 0 spiro atoms. The average molecular weight is 324 g/mol. The number of benzene rings is 1. The highest BCUT2D eigenvalue weighted by Crippen LogP contribution is 2.21. The zero-order valence-corrected chi connectivity index (χ0v) is 14.4. The van der Waals surface area contributed by atoms with Crippen molar-refractivity contribution in [2.75, 3.05) is 29.4 Å². The van der Waals surface area contributed by atoms with E-state index in [-0.39, 0.29) is 5.91 Å². The van der Waals surface area contributed by atoms with Crippen molar-refractivity contribution in [3.63, 3.8) is 0 Å². The SMILES string of the molecule is CCN(C(=O)c1ccc(N2CCCC(C)C2)nn1)c1ccccc1. The maximum atomic E-state index is 12.7. The fourth-order valence-corrected chi connectivity index (χ4v) is 3.20. The summed E-state index contributed by atoms with van der Waals surface area (Å²) >= 11 is 0. The Bertz CT molecular complexity index is 672. The van der Waals surface area contributed by atoms with E-state index < -0.39 is 0 Å². The smallest absolute Gasteiger partial charge is 0.278 e. The van der Waals surface area contributed by atoms with Crippen LogP contribution >= 0.6 is 0 Å².